The van der Waals surface area contributed by atoms with Crippen LogP contribution in [0.15, 0.2) is 30.5 Å². The van der Waals surface area contributed by atoms with Gasteiger partial charge in [-0.05, 0) is 31.2 Å². The first-order chi connectivity index (χ1) is 11.0. The van der Waals surface area contributed by atoms with Crippen LogP contribution >= 0.6 is 0 Å². The highest BCUT2D eigenvalue weighted by molar-refractivity contribution is 6.11. The van der Waals surface area contributed by atoms with Gasteiger partial charge in [0, 0.05) is 35.9 Å². The SMILES string of the molecule is CCOC(=O)c1cc2c(cn1)[nH]c1ccc(C(=O)N(C)C)cc12. The van der Waals surface area contributed by atoms with Gasteiger partial charge in [0.1, 0.15) is 5.69 Å². The number of hydrogen-bond acceptors (Lipinski definition) is 4. The normalized spacial score (nSPS) is 10.9. The molecule has 2 aromatic heterocycles. The van der Waals surface area contributed by atoms with E-state index in [1.165, 1.54) is 4.90 Å². The van der Waals surface area contributed by atoms with Crippen LogP contribution in [-0.4, -0.2) is 47.4 Å². The predicted molar refractivity (Wildman–Crippen MR) is 87.6 cm³/mol. The number of nitrogens with one attached hydrogen (secondary N) is 1. The maximum atomic E-state index is 12.1. The summed E-state index contributed by atoms with van der Waals surface area (Å²) in [6.45, 7) is 2.05. The first-order valence-corrected chi connectivity index (χ1v) is 7.31. The molecular weight excluding hydrogens is 294 g/mol. The van der Waals surface area contributed by atoms with Gasteiger partial charge in [-0.2, -0.15) is 0 Å². The smallest absolute Gasteiger partial charge is 0.356 e. The van der Waals surface area contributed by atoms with Crippen LogP contribution in [0.25, 0.3) is 21.8 Å². The number of aromatic nitrogens is 2. The van der Waals surface area contributed by atoms with Gasteiger partial charge in [0.25, 0.3) is 5.91 Å². The van der Waals surface area contributed by atoms with E-state index in [1.54, 1.807) is 39.3 Å². The van der Waals surface area contributed by atoms with Crippen LogP contribution in [0.4, 0.5) is 0 Å². The lowest BCUT2D eigenvalue weighted by molar-refractivity contribution is 0.0519. The molecule has 0 aliphatic carbocycles. The van der Waals surface area contributed by atoms with Crippen molar-refractivity contribution in [3.8, 4) is 0 Å². The number of rotatable bonds is 3. The van der Waals surface area contributed by atoms with E-state index < -0.39 is 5.97 Å². The topological polar surface area (TPSA) is 75.3 Å². The number of nitrogens with zero attached hydrogens (tertiary/aromatic N) is 2. The van der Waals surface area contributed by atoms with Crippen LogP contribution in [0.3, 0.4) is 0 Å². The Balaban J connectivity index is 2.17. The van der Waals surface area contributed by atoms with Crippen molar-refractivity contribution in [3.05, 3.63) is 41.7 Å². The van der Waals surface area contributed by atoms with Gasteiger partial charge in [-0.3, -0.25) is 4.79 Å². The zero-order valence-corrected chi connectivity index (χ0v) is 13.2. The van der Waals surface area contributed by atoms with E-state index in [9.17, 15) is 9.59 Å². The minimum absolute atomic E-state index is 0.0686. The Kier molecular flexibility index (Phi) is 3.73. The zero-order valence-electron chi connectivity index (χ0n) is 13.2. The molecule has 0 bridgehead atoms. The van der Waals surface area contributed by atoms with E-state index in [2.05, 4.69) is 9.97 Å². The van der Waals surface area contributed by atoms with Gasteiger partial charge in [-0.25, -0.2) is 9.78 Å². The summed E-state index contributed by atoms with van der Waals surface area (Å²) in [5, 5.41) is 1.71. The van der Waals surface area contributed by atoms with Gasteiger partial charge in [0.15, 0.2) is 0 Å². The molecule has 118 valence electrons. The van der Waals surface area contributed by atoms with Crippen LogP contribution in [-0.2, 0) is 4.74 Å². The minimum Gasteiger partial charge on any atom is -0.461 e. The molecule has 23 heavy (non-hydrogen) atoms. The van der Waals surface area contributed by atoms with Crippen LogP contribution < -0.4 is 0 Å². The molecule has 1 amide bonds. The van der Waals surface area contributed by atoms with Crippen LogP contribution in [0, 0.1) is 0 Å². The molecule has 2 heterocycles. The first-order valence-electron chi connectivity index (χ1n) is 7.31. The summed E-state index contributed by atoms with van der Waals surface area (Å²) in [7, 11) is 3.43. The Morgan fingerprint density at radius 3 is 2.61 bits per heavy atom. The van der Waals surface area contributed by atoms with Crippen molar-refractivity contribution >= 4 is 33.7 Å². The average molecular weight is 311 g/mol. The standard InChI is InChI=1S/C17H17N3O3/c1-4-23-17(22)14-8-12-11-7-10(16(21)20(2)3)5-6-13(11)19-15(12)9-18-14/h5-9,19H,4H2,1-3H3. The molecule has 0 atom stereocenters. The minimum atomic E-state index is -0.454. The summed E-state index contributed by atoms with van der Waals surface area (Å²) in [5.41, 5.74) is 2.54. The Morgan fingerprint density at radius 1 is 1.17 bits per heavy atom. The van der Waals surface area contributed by atoms with Crippen LogP contribution in [0.1, 0.15) is 27.8 Å². The maximum Gasteiger partial charge on any atom is 0.356 e. The highest BCUT2D eigenvalue weighted by atomic mass is 16.5. The number of hydrogen-bond donors (Lipinski definition) is 1. The third-order valence-corrected chi connectivity index (χ3v) is 3.62. The summed E-state index contributed by atoms with van der Waals surface area (Å²) in [5.74, 6) is -0.523. The second kappa shape index (κ2) is 5.72. The number of esters is 1. The molecule has 1 aromatic carbocycles. The number of carbonyl (C=O) groups is 2. The van der Waals surface area contributed by atoms with E-state index in [0.29, 0.717) is 12.2 Å². The molecule has 0 unspecified atom stereocenters. The molecule has 0 saturated heterocycles. The number of aromatic amines is 1. The van der Waals surface area contributed by atoms with Crippen molar-refractivity contribution in [2.45, 2.75) is 6.92 Å². The van der Waals surface area contributed by atoms with E-state index in [4.69, 9.17) is 4.74 Å². The molecule has 0 radical (unpaired) electrons. The van der Waals surface area contributed by atoms with Gasteiger partial charge in [-0.15, -0.1) is 0 Å². The molecule has 0 saturated carbocycles. The first kappa shape index (κ1) is 15.0. The second-order valence-electron chi connectivity index (χ2n) is 5.42. The molecule has 3 rings (SSSR count). The Bertz CT molecular complexity index is 912. The molecule has 0 aliphatic heterocycles. The quantitative estimate of drug-likeness (QED) is 0.754. The van der Waals surface area contributed by atoms with Crippen molar-refractivity contribution in [1.29, 1.82) is 0 Å². The van der Waals surface area contributed by atoms with Gasteiger partial charge < -0.3 is 14.6 Å². The number of amides is 1. The van der Waals surface area contributed by atoms with Crippen LogP contribution in [0.2, 0.25) is 0 Å². The number of carbonyl (C=O) groups excluding carboxylic acids is 2. The third-order valence-electron chi connectivity index (χ3n) is 3.62. The Labute approximate surface area is 133 Å². The molecule has 0 aliphatic rings. The Morgan fingerprint density at radius 2 is 1.91 bits per heavy atom. The number of H-pyrrole nitrogens is 1. The molecule has 3 aromatic rings. The lowest BCUT2D eigenvalue weighted by atomic mass is 10.1. The van der Waals surface area contributed by atoms with Crippen LogP contribution in [0.5, 0.6) is 0 Å². The van der Waals surface area contributed by atoms with Crippen molar-refractivity contribution in [2.24, 2.45) is 0 Å². The molecular formula is C17H17N3O3. The highest BCUT2D eigenvalue weighted by Gasteiger charge is 2.14. The lowest BCUT2D eigenvalue weighted by Crippen LogP contribution is -2.21. The fraction of sp³-hybridized carbons (Fsp3) is 0.235. The fourth-order valence-corrected chi connectivity index (χ4v) is 2.51. The summed E-state index contributed by atoms with van der Waals surface area (Å²) < 4.78 is 4.99. The van der Waals surface area contributed by atoms with Crippen molar-refractivity contribution in [1.82, 2.24) is 14.9 Å². The number of ether oxygens (including phenoxy) is 1. The monoisotopic (exact) mass is 311 g/mol. The molecule has 6 nitrogen and oxygen atoms in total. The van der Waals surface area contributed by atoms with Crippen molar-refractivity contribution in [3.63, 3.8) is 0 Å². The van der Waals surface area contributed by atoms with E-state index in [0.717, 1.165) is 21.8 Å². The van der Waals surface area contributed by atoms with Crippen molar-refractivity contribution < 1.29 is 14.3 Å². The average Bonchev–Trinajstić information content (AvgIpc) is 2.91. The van der Waals surface area contributed by atoms with Crippen molar-refractivity contribution in [2.75, 3.05) is 20.7 Å². The fourth-order valence-electron chi connectivity index (χ4n) is 2.51. The number of fused-ring (bicyclic) bond motifs is 3. The van der Waals surface area contributed by atoms with E-state index in [1.807, 2.05) is 12.1 Å². The van der Waals surface area contributed by atoms with Gasteiger partial charge in [-0.1, -0.05) is 0 Å². The number of pyridine rings is 1. The molecule has 1 N–H and O–H groups in total. The lowest BCUT2D eigenvalue weighted by Gasteiger charge is -2.09. The Hall–Kier alpha value is -2.89. The maximum absolute atomic E-state index is 12.1. The van der Waals surface area contributed by atoms with E-state index >= 15 is 0 Å². The largest absolute Gasteiger partial charge is 0.461 e. The molecule has 0 fully saturated rings. The summed E-state index contributed by atoms with van der Waals surface area (Å²) >= 11 is 0. The summed E-state index contributed by atoms with van der Waals surface area (Å²) in [4.78, 5) is 32.9. The summed E-state index contributed by atoms with van der Waals surface area (Å²) in [6, 6.07) is 7.15. The van der Waals surface area contributed by atoms with Gasteiger partial charge in [0.2, 0.25) is 0 Å². The predicted octanol–water partition coefficient (Wildman–Crippen LogP) is 2.59. The highest BCUT2D eigenvalue weighted by Crippen LogP contribution is 2.27. The van der Waals surface area contributed by atoms with E-state index in [-0.39, 0.29) is 11.6 Å². The molecule has 6 heteroatoms. The summed E-state index contributed by atoms with van der Waals surface area (Å²) in [6.07, 6.45) is 1.61. The third kappa shape index (κ3) is 2.63. The van der Waals surface area contributed by atoms with Gasteiger partial charge in [0.05, 0.1) is 18.3 Å². The molecule has 0 spiro atoms. The second-order valence-corrected chi connectivity index (χ2v) is 5.42. The number of benzene rings is 1. The zero-order chi connectivity index (χ0) is 16.6. The van der Waals surface area contributed by atoms with Gasteiger partial charge >= 0.3 is 5.97 Å².